The third kappa shape index (κ3) is 5.18. The molecule has 118 valence electrons. The third-order valence-corrected chi connectivity index (χ3v) is 3.69. The molecule has 2 rings (SSSR count). The van der Waals surface area contributed by atoms with Crippen molar-refractivity contribution in [1.29, 1.82) is 0 Å². The van der Waals surface area contributed by atoms with E-state index in [9.17, 15) is 4.79 Å². The van der Waals surface area contributed by atoms with Gasteiger partial charge in [0.15, 0.2) is 0 Å². The van der Waals surface area contributed by atoms with Crippen LogP contribution in [0.1, 0.15) is 12.0 Å². The van der Waals surface area contributed by atoms with E-state index in [1.165, 1.54) is 0 Å². The lowest BCUT2D eigenvalue weighted by Gasteiger charge is -2.10. The molecule has 0 aromatic heterocycles. The topological polar surface area (TPSA) is 63.3 Å². The Bertz CT molecular complexity index is 644. The Morgan fingerprint density at radius 3 is 2.36 bits per heavy atom. The van der Waals surface area contributed by atoms with E-state index in [2.05, 4.69) is 0 Å². The van der Waals surface area contributed by atoms with Crippen LogP contribution in [-0.2, 0) is 11.2 Å². The van der Waals surface area contributed by atoms with Crippen molar-refractivity contribution in [1.82, 2.24) is 0 Å². The highest BCUT2D eigenvalue weighted by molar-refractivity contribution is 6.35. The summed E-state index contributed by atoms with van der Waals surface area (Å²) in [5.41, 5.74) is 8.59. The van der Waals surface area contributed by atoms with Crippen LogP contribution in [0.15, 0.2) is 42.5 Å². The molecule has 0 bridgehead atoms. The second-order valence-corrected chi connectivity index (χ2v) is 5.73. The first-order valence-electron chi connectivity index (χ1n) is 6.47. The first kappa shape index (κ1) is 18.8. The van der Waals surface area contributed by atoms with Crippen molar-refractivity contribution in [2.24, 2.45) is 5.73 Å². The highest BCUT2D eigenvalue weighted by atomic mass is 35.5. The number of benzene rings is 2. The monoisotopic (exact) mass is 359 g/mol. The van der Waals surface area contributed by atoms with E-state index in [1.54, 1.807) is 12.1 Å². The Morgan fingerprint density at radius 1 is 1.14 bits per heavy atom. The lowest BCUT2D eigenvalue weighted by molar-refractivity contribution is -0.137. The number of halogens is 3. The van der Waals surface area contributed by atoms with Crippen molar-refractivity contribution in [2.75, 3.05) is 0 Å². The molecule has 1 atom stereocenters. The van der Waals surface area contributed by atoms with Crippen LogP contribution in [0.4, 0.5) is 0 Å². The second kappa shape index (κ2) is 8.39. The number of nitrogens with two attached hydrogens (primary N) is 1. The predicted molar refractivity (Wildman–Crippen MR) is 93.1 cm³/mol. The van der Waals surface area contributed by atoms with Gasteiger partial charge < -0.3 is 10.8 Å². The number of hydrogen-bond acceptors (Lipinski definition) is 2. The fourth-order valence-corrected chi connectivity index (χ4v) is 2.54. The van der Waals surface area contributed by atoms with Crippen LogP contribution in [0.2, 0.25) is 10.0 Å². The highest BCUT2D eigenvalue weighted by Crippen LogP contribution is 2.30. The van der Waals surface area contributed by atoms with Gasteiger partial charge in [-0.25, -0.2) is 0 Å². The van der Waals surface area contributed by atoms with Gasteiger partial charge in [-0.15, -0.1) is 12.4 Å². The number of carboxylic acids is 1. The Labute approximate surface area is 145 Å². The average molecular weight is 361 g/mol. The SMILES string of the molecule is Cl.NC(CC(=O)O)Cc1ccc(-c2cc(Cl)ccc2Cl)cc1. The van der Waals surface area contributed by atoms with Crippen LogP contribution in [-0.4, -0.2) is 17.1 Å². The molecule has 22 heavy (non-hydrogen) atoms. The van der Waals surface area contributed by atoms with Gasteiger partial charge in [0.1, 0.15) is 0 Å². The molecular formula is C16H16Cl3NO2. The number of rotatable bonds is 5. The van der Waals surface area contributed by atoms with Crippen molar-refractivity contribution in [3.05, 3.63) is 58.1 Å². The summed E-state index contributed by atoms with van der Waals surface area (Å²) < 4.78 is 0. The minimum atomic E-state index is -0.884. The average Bonchev–Trinajstić information content (AvgIpc) is 2.41. The smallest absolute Gasteiger partial charge is 0.304 e. The van der Waals surface area contributed by atoms with Gasteiger partial charge in [-0.2, -0.15) is 0 Å². The summed E-state index contributed by atoms with van der Waals surface area (Å²) in [6.07, 6.45) is 0.484. The van der Waals surface area contributed by atoms with Crippen molar-refractivity contribution < 1.29 is 9.90 Å². The summed E-state index contributed by atoms with van der Waals surface area (Å²) in [7, 11) is 0. The van der Waals surface area contributed by atoms with Gasteiger partial charge in [-0.3, -0.25) is 4.79 Å². The molecule has 0 radical (unpaired) electrons. The van der Waals surface area contributed by atoms with Crippen LogP contribution in [0.25, 0.3) is 11.1 Å². The summed E-state index contributed by atoms with van der Waals surface area (Å²) in [4.78, 5) is 10.6. The molecule has 3 N–H and O–H groups in total. The van der Waals surface area contributed by atoms with Gasteiger partial charge in [0, 0.05) is 21.7 Å². The molecule has 0 saturated heterocycles. The normalized spacial score (nSPS) is 11.6. The zero-order valence-electron chi connectivity index (χ0n) is 11.6. The lowest BCUT2D eigenvalue weighted by Crippen LogP contribution is -2.26. The third-order valence-electron chi connectivity index (χ3n) is 3.13. The van der Waals surface area contributed by atoms with Crippen molar-refractivity contribution in [3.63, 3.8) is 0 Å². The summed E-state index contributed by atoms with van der Waals surface area (Å²) in [6, 6.07) is 12.6. The fraction of sp³-hybridized carbons (Fsp3) is 0.188. The van der Waals surface area contributed by atoms with Gasteiger partial charge in [-0.05, 0) is 35.7 Å². The van der Waals surface area contributed by atoms with E-state index >= 15 is 0 Å². The first-order chi connectivity index (χ1) is 9.95. The maximum atomic E-state index is 10.6. The first-order valence-corrected chi connectivity index (χ1v) is 7.23. The number of carbonyl (C=O) groups is 1. The second-order valence-electron chi connectivity index (χ2n) is 4.88. The van der Waals surface area contributed by atoms with Gasteiger partial charge in [-0.1, -0.05) is 47.5 Å². The summed E-state index contributed by atoms with van der Waals surface area (Å²) in [5.74, 6) is -0.884. The van der Waals surface area contributed by atoms with Crippen LogP contribution >= 0.6 is 35.6 Å². The Balaban J connectivity index is 0.00000242. The highest BCUT2D eigenvalue weighted by Gasteiger charge is 2.10. The van der Waals surface area contributed by atoms with Gasteiger partial charge in [0.25, 0.3) is 0 Å². The van der Waals surface area contributed by atoms with Crippen LogP contribution in [0.3, 0.4) is 0 Å². The minimum absolute atomic E-state index is 0. The molecule has 0 aliphatic heterocycles. The summed E-state index contributed by atoms with van der Waals surface area (Å²) >= 11 is 12.2. The fourth-order valence-electron chi connectivity index (χ4n) is 2.14. The molecule has 0 amide bonds. The zero-order valence-corrected chi connectivity index (χ0v) is 14.0. The van der Waals surface area contributed by atoms with Crippen LogP contribution < -0.4 is 5.73 Å². The van der Waals surface area contributed by atoms with Gasteiger partial charge in [0.2, 0.25) is 0 Å². The predicted octanol–water partition coefficient (Wildman–Crippen LogP) is 4.43. The number of aliphatic carboxylic acids is 1. The summed E-state index contributed by atoms with van der Waals surface area (Å²) in [5, 5.41) is 9.96. The summed E-state index contributed by atoms with van der Waals surface area (Å²) in [6.45, 7) is 0. The van der Waals surface area contributed by atoms with Crippen molar-refractivity contribution >= 4 is 41.6 Å². The molecule has 2 aromatic rings. The quantitative estimate of drug-likeness (QED) is 0.829. The molecule has 0 aliphatic carbocycles. The standard InChI is InChI=1S/C16H15Cl2NO2.ClH/c17-12-5-6-15(18)14(8-12)11-3-1-10(2-4-11)7-13(19)9-16(20)21;/h1-6,8,13H,7,9,19H2,(H,20,21);1H. The molecule has 3 nitrogen and oxygen atoms in total. The molecule has 0 spiro atoms. The molecule has 0 aliphatic rings. The van der Waals surface area contributed by atoms with Crippen LogP contribution in [0, 0.1) is 0 Å². The Hall–Kier alpha value is -1.26. The van der Waals surface area contributed by atoms with Crippen molar-refractivity contribution in [3.8, 4) is 11.1 Å². The molecule has 0 saturated carbocycles. The van der Waals surface area contributed by atoms with Gasteiger partial charge in [0.05, 0.1) is 6.42 Å². The van der Waals surface area contributed by atoms with E-state index in [1.807, 2.05) is 30.3 Å². The molecule has 2 aromatic carbocycles. The molecule has 0 fully saturated rings. The maximum absolute atomic E-state index is 10.6. The van der Waals surface area contributed by atoms with E-state index < -0.39 is 5.97 Å². The van der Waals surface area contributed by atoms with Gasteiger partial charge >= 0.3 is 5.97 Å². The number of carboxylic acid groups (broad SMARTS) is 1. The van der Waals surface area contributed by atoms with E-state index in [0.717, 1.165) is 16.7 Å². The Kier molecular flexibility index (Phi) is 7.17. The Morgan fingerprint density at radius 2 is 1.77 bits per heavy atom. The van der Waals surface area contributed by atoms with Crippen molar-refractivity contribution in [2.45, 2.75) is 18.9 Å². The van der Waals surface area contributed by atoms with Crippen LogP contribution in [0.5, 0.6) is 0 Å². The van der Waals surface area contributed by atoms with E-state index in [0.29, 0.717) is 16.5 Å². The maximum Gasteiger partial charge on any atom is 0.304 e. The molecule has 6 heteroatoms. The molecule has 0 heterocycles. The van der Waals surface area contributed by atoms with E-state index in [4.69, 9.17) is 34.0 Å². The zero-order chi connectivity index (χ0) is 15.4. The lowest BCUT2D eigenvalue weighted by atomic mass is 10.00. The largest absolute Gasteiger partial charge is 0.481 e. The molecule has 1 unspecified atom stereocenters. The number of hydrogen-bond donors (Lipinski definition) is 2. The molecular weight excluding hydrogens is 345 g/mol. The minimum Gasteiger partial charge on any atom is -0.481 e. The van der Waals surface area contributed by atoms with E-state index in [-0.39, 0.29) is 24.9 Å².